The zero-order valence-corrected chi connectivity index (χ0v) is 20.4. The quantitative estimate of drug-likeness (QED) is 0.388. The lowest BCUT2D eigenvalue weighted by Gasteiger charge is -1.96. The van der Waals surface area contributed by atoms with Crippen molar-refractivity contribution >= 4 is 28.6 Å². The van der Waals surface area contributed by atoms with Gasteiger partial charge in [-0.1, -0.05) is 12.1 Å². The summed E-state index contributed by atoms with van der Waals surface area (Å²) in [7, 11) is 0. The number of pyridine rings is 2. The van der Waals surface area contributed by atoms with Crippen LogP contribution in [0.2, 0.25) is 0 Å². The Balaban J connectivity index is 0.000000161. The van der Waals surface area contributed by atoms with Crippen molar-refractivity contribution in [1.29, 1.82) is 0 Å². The number of ether oxygens (including phenoxy) is 2. The number of hydrogen-bond donors (Lipinski definition) is 1. The third-order valence-corrected chi connectivity index (χ3v) is 6.29. The molecule has 0 aliphatic carbocycles. The van der Waals surface area contributed by atoms with Crippen molar-refractivity contribution in [3.05, 3.63) is 70.9 Å². The van der Waals surface area contributed by atoms with Gasteiger partial charge in [0.15, 0.2) is 0 Å². The minimum absolute atomic E-state index is 0.0461. The molecule has 1 saturated heterocycles. The molecule has 4 aromatic rings. The highest BCUT2D eigenvalue weighted by Crippen LogP contribution is 2.24. The van der Waals surface area contributed by atoms with Crippen LogP contribution in [0.25, 0.3) is 21.4 Å². The average Bonchev–Trinajstić information content (AvgIpc) is 3.69. The number of rotatable bonds is 5. The first-order chi connectivity index (χ1) is 16.7. The SMILES string of the molecule is C1CCOC1.CCOC(=O)c1cnc(-c2ccccn2)s1.OCc1cnc(-c2ccccn2)s1. The Bertz CT molecular complexity index is 1110. The summed E-state index contributed by atoms with van der Waals surface area (Å²) in [5, 5.41) is 10.4. The van der Waals surface area contributed by atoms with Gasteiger partial charge < -0.3 is 14.6 Å². The predicted molar refractivity (Wildman–Crippen MR) is 133 cm³/mol. The van der Waals surface area contributed by atoms with Crippen LogP contribution in [0.15, 0.2) is 61.2 Å². The Morgan fingerprint density at radius 2 is 1.56 bits per heavy atom. The van der Waals surface area contributed by atoms with Crippen LogP contribution >= 0.6 is 22.7 Å². The van der Waals surface area contributed by atoms with E-state index in [0.717, 1.165) is 39.5 Å². The number of aliphatic hydroxyl groups is 1. The van der Waals surface area contributed by atoms with E-state index in [-0.39, 0.29) is 12.6 Å². The normalized spacial score (nSPS) is 12.2. The van der Waals surface area contributed by atoms with Crippen molar-refractivity contribution < 1.29 is 19.4 Å². The zero-order chi connectivity index (χ0) is 24.0. The molecule has 0 saturated carbocycles. The molecule has 10 heteroatoms. The van der Waals surface area contributed by atoms with Crippen molar-refractivity contribution in [3.8, 4) is 21.4 Å². The number of thiazole rings is 2. The summed E-state index contributed by atoms with van der Waals surface area (Å²) in [6.45, 7) is 4.19. The lowest BCUT2D eigenvalue weighted by Crippen LogP contribution is -2.01. The Labute approximate surface area is 206 Å². The summed E-state index contributed by atoms with van der Waals surface area (Å²) in [4.78, 5) is 29.4. The van der Waals surface area contributed by atoms with Gasteiger partial charge in [-0.3, -0.25) is 9.97 Å². The highest BCUT2D eigenvalue weighted by Gasteiger charge is 2.12. The van der Waals surface area contributed by atoms with Crippen molar-refractivity contribution in [2.45, 2.75) is 26.4 Å². The van der Waals surface area contributed by atoms with Gasteiger partial charge >= 0.3 is 5.97 Å². The molecule has 0 amide bonds. The first kappa shape index (κ1) is 25.6. The molecule has 1 aliphatic rings. The van der Waals surface area contributed by atoms with Crippen LogP contribution in [0.4, 0.5) is 0 Å². The van der Waals surface area contributed by atoms with E-state index in [1.807, 2.05) is 36.4 Å². The van der Waals surface area contributed by atoms with E-state index in [9.17, 15) is 4.79 Å². The van der Waals surface area contributed by atoms with Crippen LogP contribution in [-0.4, -0.2) is 50.8 Å². The van der Waals surface area contributed by atoms with Crippen LogP contribution in [-0.2, 0) is 16.1 Å². The first-order valence-corrected chi connectivity index (χ1v) is 12.4. The van der Waals surface area contributed by atoms with E-state index < -0.39 is 0 Å². The molecular formula is C24H26N4O4S2. The van der Waals surface area contributed by atoms with Crippen molar-refractivity contribution in [1.82, 2.24) is 19.9 Å². The zero-order valence-electron chi connectivity index (χ0n) is 18.8. The minimum Gasteiger partial charge on any atom is -0.462 e. The number of esters is 1. The molecule has 0 aromatic carbocycles. The first-order valence-electron chi connectivity index (χ1n) is 10.8. The fourth-order valence-corrected chi connectivity index (χ4v) is 4.21. The van der Waals surface area contributed by atoms with Crippen LogP contribution in [0.5, 0.6) is 0 Å². The summed E-state index contributed by atoms with van der Waals surface area (Å²) in [6, 6.07) is 11.3. The molecule has 0 bridgehead atoms. The van der Waals surface area contributed by atoms with Gasteiger partial charge in [-0.15, -0.1) is 22.7 Å². The molecule has 4 aromatic heterocycles. The molecule has 1 aliphatic heterocycles. The Hall–Kier alpha value is -3.05. The van der Waals surface area contributed by atoms with E-state index in [1.165, 1.54) is 41.7 Å². The number of aromatic nitrogens is 4. The lowest BCUT2D eigenvalue weighted by atomic mass is 10.4. The van der Waals surface area contributed by atoms with Gasteiger partial charge in [0.05, 0.1) is 35.7 Å². The van der Waals surface area contributed by atoms with E-state index in [0.29, 0.717) is 11.5 Å². The van der Waals surface area contributed by atoms with Gasteiger partial charge in [0.1, 0.15) is 14.9 Å². The van der Waals surface area contributed by atoms with E-state index in [4.69, 9.17) is 14.6 Å². The molecular weight excluding hydrogens is 472 g/mol. The third-order valence-electron chi connectivity index (χ3n) is 4.29. The second-order valence-corrected chi connectivity index (χ2v) is 8.94. The van der Waals surface area contributed by atoms with Gasteiger partial charge in [0, 0.05) is 31.8 Å². The molecule has 0 unspecified atom stereocenters. The maximum absolute atomic E-state index is 11.4. The average molecular weight is 499 g/mol. The van der Waals surface area contributed by atoms with Crippen molar-refractivity contribution in [2.24, 2.45) is 0 Å². The third kappa shape index (κ3) is 8.07. The second kappa shape index (κ2) is 14.3. The molecule has 5 heterocycles. The van der Waals surface area contributed by atoms with E-state index in [1.54, 1.807) is 25.5 Å². The number of aliphatic hydroxyl groups excluding tert-OH is 1. The fraction of sp³-hybridized carbons (Fsp3) is 0.292. The largest absolute Gasteiger partial charge is 0.462 e. The minimum atomic E-state index is -0.331. The van der Waals surface area contributed by atoms with Crippen molar-refractivity contribution in [3.63, 3.8) is 0 Å². The van der Waals surface area contributed by atoms with Gasteiger partial charge in [-0.25, -0.2) is 14.8 Å². The summed E-state index contributed by atoms with van der Waals surface area (Å²) < 4.78 is 9.83. The lowest BCUT2D eigenvalue weighted by molar-refractivity contribution is 0.0532. The Morgan fingerprint density at radius 3 is 2.03 bits per heavy atom. The highest BCUT2D eigenvalue weighted by molar-refractivity contribution is 7.16. The van der Waals surface area contributed by atoms with Crippen molar-refractivity contribution in [2.75, 3.05) is 19.8 Å². The van der Waals surface area contributed by atoms with Gasteiger partial charge in [0.2, 0.25) is 0 Å². The number of carbonyl (C=O) groups is 1. The smallest absolute Gasteiger partial charge is 0.349 e. The molecule has 0 radical (unpaired) electrons. The highest BCUT2D eigenvalue weighted by atomic mass is 32.1. The molecule has 1 fully saturated rings. The summed E-state index contributed by atoms with van der Waals surface area (Å²) in [5.74, 6) is -0.331. The number of nitrogens with zero attached hydrogens (tertiary/aromatic N) is 4. The second-order valence-electron chi connectivity index (χ2n) is 6.79. The standard InChI is InChI=1S/C11H10N2O2S.C9H8N2OS.C4H8O/c1-2-15-11(14)9-7-13-10(16-9)8-5-3-4-6-12-8;12-6-7-5-11-9(13-7)8-3-1-2-4-10-8;1-2-4-5-3-1/h3-7H,2H2,1H3;1-5,12H,6H2;1-4H2. The van der Waals surface area contributed by atoms with Crippen LogP contribution in [0.1, 0.15) is 34.3 Å². The molecule has 0 spiro atoms. The number of carbonyl (C=O) groups excluding carboxylic acids is 1. The van der Waals surface area contributed by atoms with Crippen LogP contribution in [0.3, 0.4) is 0 Å². The van der Waals surface area contributed by atoms with E-state index >= 15 is 0 Å². The molecule has 0 atom stereocenters. The summed E-state index contributed by atoms with van der Waals surface area (Å²) in [5.41, 5.74) is 1.62. The molecule has 178 valence electrons. The Morgan fingerprint density at radius 1 is 0.941 bits per heavy atom. The van der Waals surface area contributed by atoms with Gasteiger partial charge in [-0.05, 0) is 44.0 Å². The molecule has 1 N–H and O–H groups in total. The number of hydrogen-bond acceptors (Lipinski definition) is 10. The predicted octanol–water partition coefficient (Wildman–Crippen LogP) is 4.88. The van der Waals surface area contributed by atoms with Crippen LogP contribution in [0, 0.1) is 0 Å². The van der Waals surface area contributed by atoms with Gasteiger partial charge in [0.25, 0.3) is 0 Å². The maximum atomic E-state index is 11.4. The van der Waals surface area contributed by atoms with Crippen LogP contribution < -0.4 is 0 Å². The van der Waals surface area contributed by atoms with E-state index in [2.05, 4.69) is 19.9 Å². The maximum Gasteiger partial charge on any atom is 0.349 e. The summed E-state index contributed by atoms with van der Waals surface area (Å²) in [6.07, 6.45) is 9.18. The fourth-order valence-electron chi connectivity index (χ4n) is 2.68. The summed E-state index contributed by atoms with van der Waals surface area (Å²) >= 11 is 2.75. The topological polar surface area (TPSA) is 107 Å². The molecule has 8 nitrogen and oxygen atoms in total. The monoisotopic (exact) mass is 498 g/mol. The van der Waals surface area contributed by atoms with Gasteiger partial charge in [-0.2, -0.15) is 0 Å². The molecule has 5 rings (SSSR count). The Kier molecular flexibility index (Phi) is 10.7. The molecule has 34 heavy (non-hydrogen) atoms.